The largest absolute Gasteiger partial charge is 0.455 e. The zero-order chi connectivity index (χ0) is 21.9. The molecule has 9 nitrogen and oxygen atoms in total. The van der Waals surface area contributed by atoms with E-state index in [1.165, 1.54) is 15.6 Å². The number of aromatic nitrogens is 4. The Morgan fingerprint density at radius 3 is 2.97 bits per heavy atom. The normalized spacial score (nSPS) is 17.7. The molecule has 1 saturated heterocycles. The van der Waals surface area contributed by atoms with Gasteiger partial charge in [0.15, 0.2) is 11.6 Å². The van der Waals surface area contributed by atoms with Crippen LogP contribution in [0.3, 0.4) is 0 Å². The Bertz CT molecular complexity index is 1530. The first-order valence-corrected chi connectivity index (χ1v) is 12.5. The summed E-state index contributed by atoms with van der Waals surface area (Å²) in [6.07, 6.45) is 4.18. The number of fused-ring (bicyclic) bond motifs is 3. The quantitative estimate of drug-likeness (QED) is 0.408. The molecule has 1 atom stereocenters. The first-order chi connectivity index (χ1) is 15.6. The summed E-state index contributed by atoms with van der Waals surface area (Å²) in [5.74, 6) is 1.56. The van der Waals surface area contributed by atoms with E-state index in [9.17, 15) is 13.5 Å². The maximum Gasteiger partial charge on any atom is 0.252 e. The van der Waals surface area contributed by atoms with Gasteiger partial charge in [0, 0.05) is 24.7 Å². The third-order valence-corrected chi connectivity index (χ3v) is 9.09. The Labute approximate surface area is 187 Å². The lowest BCUT2D eigenvalue weighted by Gasteiger charge is -2.18. The summed E-state index contributed by atoms with van der Waals surface area (Å²) in [4.78, 5) is 12.4. The number of hydrogen-bond acceptors (Lipinski definition) is 7. The first-order valence-electron chi connectivity index (χ1n) is 10.1. The molecule has 0 radical (unpaired) electrons. The van der Waals surface area contributed by atoms with E-state index in [1.54, 1.807) is 35.8 Å². The summed E-state index contributed by atoms with van der Waals surface area (Å²) in [5, 5.41) is 12.1. The number of aromatic amines is 1. The van der Waals surface area contributed by atoms with E-state index in [-0.39, 0.29) is 12.6 Å². The van der Waals surface area contributed by atoms with Gasteiger partial charge in [0.2, 0.25) is 0 Å². The van der Waals surface area contributed by atoms with Crippen LogP contribution in [0.5, 0.6) is 0 Å². The van der Waals surface area contributed by atoms with E-state index in [2.05, 4.69) is 14.5 Å². The van der Waals surface area contributed by atoms with Crippen LogP contribution >= 0.6 is 11.3 Å². The minimum absolute atomic E-state index is 0.132. The van der Waals surface area contributed by atoms with Crippen molar-refractivity contribution < 1.29 is 17.9 Å². The van der Waals surface area contributed by atoms with Crippen molar-refractivity contribution in [2.24, 2.45) is 0 Å². The third-order valence-electron chi connectivity index (χ3n) is 5.85. The molecule has 2 N–H and O–H groups in total. The monoisotopic (exact) mass is 469 g/mol. The summed E-state index contributed by atoms with van der Waals surface area (Å²) in [6.45, 7) is 0.548. The molecule has 0 amide bonds. The number of nitrogens with one attached hydrogen (secondary N) is 1. The average molecular weight is 470 g/mol. The van der Waals surface area contributed by atoms with Crippen LogP contribution in [0.4, 0.5) is 0 Å². The van der Waals surface area contributed by atoms with Crippen LogP contribution in [0.2, 0.25) is 0 Å². The third kappa shape index (κ3) is 2.93. The molecule has 0 saturated carbocycles. The van der Waals surface area contributed by atoms with Gasteiger partial charge >= 0.3 is 0 Å². The predicted octanol–water partition coefficient (Wildman–Crippen LogP) is 3.36. The van der Waals surface area contributed by atoms with Crippen molar-refractivity contribution in [3.8, 4) is 11.6 Å². The summed E-state index contributed by atoms with van der Waals surface area (Å²) < 4.78 is 35.9. The smallest absolute Gasteiger partial charge is 0.252 e. The molecule has 6 heterocycles. The number of pyridine rings is 1. The molecule has 1 aliphatic heterocycles. The molecule has 5 aromatic rings. The maximum absolute atomic E-state index is 13.1. The second-order valence-corrected chi connectivity index (χ2v) is 10.8. The van der Waals surface area contributed by atoms with Crippen molar-refractivity contribution in [2.45, 2.75) is 23.3 Å². The molecule has 11 heteroatoms. The van der Waals surface area contributed by atoms with Gasteiger partial charge in [-0.05, 0) is 36.1 Å². The number of imidazole rings is 1. The van der Waals surface area contributed by atoms with Gasteiger partial charge in [0.1, 0.15) is 27.7 Å². The summed E-state index contributed by atoms with van der Waals surface area (Å²) in [6, 6.07) is 8.69. The molecule has 0 aliphatic carbocycles. The van der Waals surface area contributed by atoms with Gasteiger partial charge in [-0.15, -0.1) is 11.3 Å². The van der Waals surface area contributed by atoms with Crippen LogP contribution in [-0.4, -0.2) is 50.4 Å². The fourth-order valence-electron chi connectivity index (χ4n) is 4.38. The zero-order valence-electron chi connectivity index (χ0n) is 16.8. The van der Waals surface area contributed by atoms with Crippen LogP contribution < -0.4 is 0 Å². The number of H-pyrrole nitrogens is 1. The molecule has 0 spiro atoms. The summed E-state index contributed by atoms with van der Waals surface area (Å²) in [5.41, 5.74) is 2.32. The number of rotatable bonds is 5. The second kappa shape index (κ2) is 7.27. The lowest BCUT2D eigenvalue weighted by Crippen LogP contribution is -2.28. The SMILES string of the molecule is O=S(=O)(c1cccs1)N1CCC(n2c(-c3ccc(CO)o3)nc3cnc4[nH]ccc4c32)C1. The molecular weight excluding hydrogens is 450 g/mol. The van der Waals surface area contributed by atoms with Crippen LogP contribution in [0.1, 0.15) is 18.2 Å². The van der Waals surface area contributed by atoms with Crippen molar-refractivity contribution >= 4 is 43.4 Å². The highest BCUT2D eigenvalue weighted by atomic mass is 32.2. The number of thiophene rings is 1. The minimum atomic E-state index is -3.54. The van der Waals surface area contributed by atoms with Crippen LogP contribution in [0.15, 0.2) is 56.7 Å². The highest BCUT2D eigenvalue weighted by Crippen LogP contribution is 2.37. The Hall–Kier alpha value is -2.99. The molecule has 1 aliphatic rings. The Balaban J connectivity index is 1.50. The molecule has 0 aromatic carbocycles. The zero-order valence-corrected chi connectivity index (χ0v) is 18.4. The first kappa shape index (κ1) is 19.7. The lowest BCUT2D eigenvalue weighted by molar-refractivity contribution is 0.248. The van der Waals surface area contributed by atoms with E-state index in [4.69, 9.17) is 9.40 Å². The van der Waals surface area contributed by atoms with E-state index >= 15 is 0 Å². The predicted molar refractivity (Wildman–Crippen MR) is 120 cm³/mol. The molecule has 32 heavy (non-hydrogen) atoms. The van der Waals surface area contributed by atoms with E-state index in [0.29, 0.717) is 46.6 Å². The van der Waals surface area contributed by atoms with Crippen molar-refractivity contribution in [3.05, 3.63) is 53.9 Å². The highest BCUT2D eigenvalue weighted by molar-refractivity contribution is 7.91. The maximum atomic E-state index is 13.1. The van der Waals surface area contributed by atoms with E-state index < -0.39 is 10.0 Å². The summed E-state index contributed by atoms with van der Waals surface area (Å²) in [7, 11) is -3.54. The molecule has 164 valence electrons. The van der Waals surface area contributed by atoms with Crippen LogP contribution in [-0.2, 0) is 16.6 Å². The van der Waals surface area contributed by atoms with Gasteiger partial charge in [-0.2, -0.15) is 4.31 Å². The molecule has 0 bridgehead atoms. The summed E-state index contributed by atoms with van der Waals surface area (Å²) >= 11 is 1.23. The van der Waals surface area contributed by atoms with Crippen LogP contribution in [0, 0.1) is 0 Å². The minimum Gasteiger partial charge on any atom is -0.455 e. The van der Waals surface area contributed by atoms with E-state index in [1.807, 2.05) is 12.3 Å². The lowest BCUT2D eigenvalue weighted by atomic mass is 10.2. The van der Waals surface area contributed by atoms with Gasteiger partial charge in [-0.3, -0.25) is 0 Å². The fraction of sp³-hybridized carbons (Fsp3) is 0.238. The van der Waals surface area contributed by atoms with Gasteiger partial charge in [-0.1, -0.05) is 6.07 Å². The molecule has 1 fully saturated rings. The standard InChI is InChI=1S/C21H19N5O4S2/c27-12-14-3-4-17(30-14)21-24-16-10-23-20-15(5-7-22-20)19(16)26(21)13-6-8-25(11-13)32(28,29)18-2-1-9-31-18/h1-5,7,9-10,13,27H,6,8,11-12H2,(H,22,23). The number of nitrogens with zero attached hydrogens (tertiary/aromatic N) is 4. The van der Waals surface area contributed by atoms with Crippen molar-refractivity contribution in [3.63, 3.8) is 0 Å². The van der Waals surface area contributed by atoms with Gasteiger partial charge in [0.05, 0.1) is 17.8 Å². The average Bonchev–Trinajstić information content (AvgIpc) is 3.61. The highest BCUT2D eigenvalue weighted by Gasteiger charge is 2.36. The second-order valence-electron chi connectivity index (χ2n) is 7.70. The fourth-order valence-corrected chi connectivity index (χ4v) is 7.02. The van der Waals surface area contributed by atoms with Gasteiger partial charge in [0.25, 0.3) is 10.0 Å². The van der Waals surface area contributed by atoms with Gasteiger partial charge < -0.3 is 19.1 Å². The number of aliphatic hydroxyl groups excluding tert-OH is 1. The number of aliphatic hydroxyl groups is 1. The van der Waals surface area contributed by atoms with Crippen LogP contribution in [0.25, 0.3) is 33.7 Å². The topological polar surface area (TPSA) is 117 Å². The Kier molecular flexibility index (Phi) is 4.47. The van der Waals surface area contributed by atoms with Crippen molar-refractivity contribution in [2.75, 3.05) is 13.1 Å². The number of furan rings is 1. The van der Waals surface area contributed by atoms with Gasteiger partial charge in [-0.25, -0.2) is 18.4 Å². The van der Waals surface area contributed by atoms with Crippen molar-refractivity contribution in [1.29, 1.82) is 0 Å². The Morgan fingerprint density at radius 1 is 1.28 bits per heavy atom. The Morgan fingerprint density at radius 2 is 2.19 bits per heavy atom. The van der Waals surface area contributed by atoms with Crippen molar-refractivity contribution in [1.82, 2.24) is 23.8 Å². The molecule has 1 unspecified atom stereocenters. The molecule has 6 rings (SSSR count). The number of sulfonamides is 1. The molecular formula is C21H19N5O4S2. The molecule has 5 aromatic heterocycles. The van der Waals surface area contributed by atoms with E-state index in [0.717, 1.165) is 16.6 Å². The number of hydrogen-bond donors (Lipinski definition) is 2.